The summed E-state index contributed by atoms with van der Waals surface area (Å²) in [4.78, 5) is 22.4. The molecule has 0 aliphatic heterocycles. The quantitative estimate of drug-likeness (QED) is 0.0360. The maximum atomic E-state index is 12.5. The van der Waals surface area contributed by atoms with Crippen LogP contribution in [0.1, 0.15) is 226 Å². The lowest BCUT2D eigenvalue weighted by Crippen LogP contribution is -2.28. The maximum absolute atomic E-state index is 12.5. The first-order valence-corrected chi connectivity index (χ1v) is 23.5. The molecule has 2 atom stereocenters. The molecule has 0 saturated carbocycles. The van der Waals surface area contributed by atoms with Crippen molar-refractivity contribution in [1.82, 2.24) is 0 Å². The average Bonchev–Trinajstić information content (AvgIpc) is 3.12. The Morgan fingerprint density at radius 3 is 1.24 bits per heavy atom. The van der Waals surface area contributed by atoms with Gasteiger partial charge in [0.15, 0.2) is 0 Å². The summed E-state index contributed by atoms with van der Waals surface area (Å²) in [5, 5.41) is 0. The number of esters is 1. The monoisotopic (exact) mass is 748 g/mol. The lowest BCUT2D eigenvalue weighted by Gasteiger charge is -2.20. The fourth-order valence-corrected chi connectivity index (χ4v) is 7.29. The Morgan fingerprint density at radius 1 is 0.510 bits per heavy atom. The molecule has 0 amide bonds. The first-order valence-electron chi connectivity index (χ1n) is 22.0. The van der Waals surface area contributed by atoms with Gasteiger partial charge in [-0.15, -0.1) is 0 Å². The molecule has 0 aromatic heterocycles. The summed E-state index contributed by atoms with van der Waals surface area (Å²) in [6.07, 6.45) is 41.2. The van der Waals surface area contributed by atoms with E-state index in [9.17, 15) is 14.3 Å². The number of carbonyl (C=O) groups excluding carboxylic acids is 1. The Kier molecular flexibility index (Phi) is 40.3. The molecule has 0 bridgehead atoms. The van der Waals surface area contributed by atoms with Crippen LogP contribution in [-0.4, -0.2) is 49.9 Å². The lowest BCUT2D eigenvalue weighted by atomic mass is 10.0. The van der Waals surface area contributed by atoms with Crippen molar-refractivity contribution in [2.24, 2.45) is 5.73 Å². The first kappa shape index (κ1) is 50.5. The smallest absolute Gasteiger partial charge is 0.457 e. The zero-order valence-corrected chi connectivity index (χ0v) is 34.8. The van der Waals surface area contributed by atoms with Gasteiger partial charge in [-0.2, -0.15) is 0 Å². The van der Waals surface area contributed by atoms with E-state index in [1.54, 1.807) is 0 Å². The minimum atomic E-state index is -4.27. The standard InChI is InChI=1S/C42H86NO7P/c1-3-5-7-9-11-13-15-17-18-19-20-21-22-23-24-26-28-30-32-34-37-47-39-41(40-49-51(45,46)48-38-36-43)50-42(44)35-33-31-29-27-25-16-14-12-10-8-6-4-2/h41H,3-40,43H2,1-2H3,(H,45,46)/t41-/m1/s1. The Hall–Kier alpha value is -0.500. The van der Waals surface area contributed by atoms with Crippen LogP contribution in [-0.2, 0) is 27.9 Å². The largest absolute Gasteiger partial charge is 0.472 e. The molecule has 9 heteroatoms. The number of hydrogen-bond acceptors (Lipinski definition) is 7. The molecule has 0 rings (SSSR count). The zero-order chi connectivity index (χ0) is 37.4. The van der Waals surface area contributed by atoms with Crippen LogP contribution in [0.25, 0.3) is 0 Å². The SMILES string of the molecule is CCCCCCCCCCCCCCCCCCCCCCOC[C@H](COP(=O)(O)OCCN)OC(=O)CCCCCCCCCCCCCC. The number of hydrogen-bond donors (Lipinski definition) is 2. The van der Waals surface area contributed by atoms with Gasteiger partial charge in [-0.1, -0.05) is 206 Å². The topological polar surface area (TPSA) is 117 Å². The molecule has 0 aromatic carbocycles. The molecule has 51 heavy (non-hydrogen) atoms. The molecular formula is C42H86NO7P. The van der Waals surface area contributed by atoms with Crippen molar-refractivity contribution >= 4 is 13.8 Å². The van der Waals surface area contributed by atoms with Gasteiger partial charge >= 0.3 is 13.8 Å². The van der Waals surface area contributed by atoms with Crippen molar-refractivity contribution in [3.05, 3.63) is 0 Å². The lowest BCUT2D eigenvalue weighted by molar-refractivity contribution is -0.154. The highest BCUT2D eigenvalue weighted by Crippen LogP contribution is 2.43. The summed E-state index contributed by atoms with van der Waals surface area (Å²) in [7, 11) is -4.27. The van der Waals surface area contributed by atoms with Crippen molar-refractivity contribution < 1.29 is 32.8 Å². The number of carbonyl (C=O) groups is 1. The van der Waals surface area contributed by atoms with Crippen LogP contribution in [0.15, 0.2) is 0 Å². The van der Waals surface area contributed by atoms with Gasteiger partial charge in [0.1, 0.15) is 6.10 Å². The van der Waals surface area contributed by atoms with E-state index in [0.29, 0.717) is 13.0 Å². The average molecular weight is 748 g/mol. The minimum absolute atomic E-state index is 0.0901. The van der Waals surface area contributed by atoms with Gasteiger partial charge in [-0.25, -0.2) is 4.57 Å². The number of phosphoric acid groups is 1. The third kappa shape index (κ3) is 40.5. The second-order valence-electron chi connectivity index (χ2n) is 14.9. The summed E-state index contributed by atoms with van der Waals surface area (Å²) in [5.41, 5.74) is 5.37. The minimum Gasteiger partial charge on any atom is -0.457 e. The van der Waals surface area contributed by atoms with Crippen LogP contribution >= 0.6 is 7.82 Å². The van der Waals surface area contributed by atoms with Crippen molar-refractivity contribution in [3.8, 4) is 0 Å². The fourth-order valence-electron chi connectivity index (χ4n) is 6.53. The van der Waals surface area contributed by atoms with E-state index in [4.69, 9.17) is 24.3 Å². The Balaban J connectivity index is 3.91. The highest BCUT2D eigenvalue weighted by molar-refractivity contribution is 7.47. The van der Waals surface area contributed by atoms with E-state index in [2.05, 4.69) is 13.8 Å². The van der Waals surface area contributed by atoms with Crippen LogP contribution in [0.4, 0.5) is 0 Å². The van der Waals surface area contributed by atoms with E-state index >= 15 is 0 Å². The predicted octanol–water partition coefficient (Wildman–Crippen LogP) is 12.9. The molecule has 1 unspecified atom stereocenters. The molecule has 8 nitrogen and oxygen atoms in total. The van der Waals surface area contributed by atoms with E-state index in [1.165, 1.54) is 173 Å². The van der Waals surface area contributed by atoms with Crippen molar-refractivity contribution in [1.29, 1.82) is 0 Å². The maximum Gasteiger partial charge on any atom is 0.472 e. The van der Waals surface area contributed by atoms with Gasteiger partial charge in [0.2, 0.25) is 0 Å². The molecule has 0 aromatic rings. The highest BCUT2D eigenvalue weighted by Gasteiger charge is 2.25. The summed E-state index contributed by atoms with van der Waals surface area (Å²) in [5.74, 6) is -0.325. The molecule has 306 valence electrons. The second kappa shape index (κ2) is 40.7. The third-order valence-electron chi connectivity index (χ3n) is 9.77. The van der Waals surface area contributed by atoms with Crippen LogP contribution in [0.5, 0.6) is 0 Å². The molecule has 0 radical (unpaired) electrons. The van der Waals surface area contributed by atoms with Gasteiger partial charge in [0, 0.05) is 19.6 Å². The molecular weight excluding hydrogens is 661 g/mol. The number of ether oxygens (including phenoxy) is 2. The van der Waals surface area contributed by atoms with Gasteiger partial charge in [0.05, 0.1) is 19.8 Å². The molecule has 0 spiro atoms. The van der Waals surface area contributed by atoms with Gasteiger partial charge in [-0.05, 0) is 12.8 Å². The van der Waals surface area contributed by atoms with Crippen molar-refractivity contribution in [2.45, 2.75) is 232 Å². The summed E-state index contributed by atoms with van der Waals surface area (Å²) >= 11 is 0. The third-order valence-corrected chi connectivity index (χ3v) is 10.8. The van der Waals surface area contributed by atoms with E-state index in [-0.39, 0.29) is 32.3 Å². The number of rotatable bonds is 43. The van der Waals surface area contributed by atoms with Crippen molar-refractivity contribution in [2.75, 3.05) is 33.0 Å². The molecule has 0 heterocycles. The molecule has 0 aliphatic rings. The number of phosphoric ester groups is 1. The van der Waals surface area contributed by atoms with Crippen LogP contribution in [0.3, 0.4) is 0 Å². The van der Waals surface area contributed by atoms with Crippen LogP contribution in [0, 0.1) is 0 Å². The van der Waals surface area contributed by atoms with E-state index in [0.717, 1.165) is 32.1 Å². The molecule has 3 N–H and O–H groups in total. The normalized spacial score (nSPS) is 13.4. The van der Waals surface area contributed by atoms with Crippen LogP contribution < -0.4 is 5.73 Å². The fraction of sp³-hybridized carbons (Fsp3) is 0.976. The van der Waals surface area contributed by atoms with Gasteiger partial charge in [0.25, 0.3) is 0 Å². The first-order chi connectivity index (χ1) is 24.9. The van der Waals surface area contributed by atoms with Gasteiger partial charge in [-0.3, -0.25) is 13.8 Å². The molecule has 0 aliphatic carbocycles. The Morgan fingerprint density at radius 2 is 0.863 bits per heavy atom. The van der Waals surface area contributed by atoms with E-state index < -0.39 is 13.9 Å². The summed E-state index contributed by atoms with van der Waals surface area (Å²) in [6, 6.07) is 0. The van der Waals surface area contributed by atoms with Crippen molar-refractivity contribution in [3.63, 3.8) is 0 Å². The summed E-state index contributed by atoms with van der Waals surface area (Å²) < 4.78 is 33.4. The Bertz CT molecular complexity index is 757. The van der Waals surface area contributed by atoms with E-state index in [1.807, 2.05) is 0 Å². The van der Waals surface area contributed by atoms with Gasteiger partial charge < -0.3 is 20.1 Å². The zero-order valence-electron chi connectivity index (χ0n) is 33.9. The molecule has 0 saturated heterocycles. The highest BCUT2D eigenvalue weighted by atomic mass is 31.2. The van der Waals surface area contributed by atoms with Crippen LogP contribution in [0.2, 0.25) is 0 Å². The molecule has 0 fully saturated rings. The summed E-state index contributed by atoms with van der Waals surface area (Å²) in [6.45, 7) is 4.98. The second-order valence-corrected chi connectivity index (χ2v) is 16.4. The predicted molar refractivity (Wildman–Crippen MR) is 215 cm³/mol. The Labute approximate surface area is 316 Å². The number of unbranched alkanes of at least 4 members (excludes halogenated alkanes) is 30. The number of nitrogens with two attached hydrogens (primary N) is 1.